The van der Waals surface area contributed by atoms with Gasteiger partial charge in [-0.3, -0.25) is 0 Å². The van der Waals surface area contributed by atoms with Crippen LogP contribution in [0.4, 0.5) is 0 Å². The van der Waals surface area contributed by atoms with Crippen LogP contribution in [0, 0.1) is 17.8 Å². The van der Waals surface area contributed by atoms with E-state index in [0.717, 1.165) is 30.4 Å². The van der Waals surface area contributed by atoms with Crippen LogP contribution in [0.3, 0.4) is 0 Å². The maximum absolute atomic E-state index is 5.79. The summed E-state index contributed by atoms with van der Waals surface area (Å²) in [5.74, 6) is 2.58. The molecule has 2 heteroatoms. The minimum absolute atomic E-state index is 0.516. The Hall–Kier alpha value is -0.0800. The highest BCUT2D eigenvalue weighted by molar-refractivity contribution is 4.82. The zero-order valence-corrected chi connectivity index (χ0v) is 13.2. The normalized spacial score (nSPS) is 36.0. The van der Waals surface area contributed by atoms with E-state index in [4.69, 9.17) is 4.74 Å². The lowest BCUT2D eigenvalue weighted by molar-refractivity contribution is 0.0857. The fourth-order valence-electron chi connectivity index (χ4n) is 4.05. The lowest BCUT2D eigenvalue weighted by atomic mass is 9.81. The largest absolute Gasteiger partial charge is 0.378 e. The van der Waals surface area contributed by atoms with Gasteiger partial charge in [-0.25, -0.2) is 0 Å². The molecule has 1 saturated heterocycles. The standard InChI is InChI=1S/C17H33NO/c1-4-17-15(8-9-19-17)12-18-16-7-5-6-14(11-16)10-13(2)3/h13-18H,4-12H2,1-3H3. The molecule has 0 spiro atoms. The predicted molar refractivity (Wildman–Crippen MR) is 81.3 cm³/mol. The van der Waals surface area contributed by atoms with Crippen LogP contribution in [0.25, 0.3) is 0 Å². The van der Waals surface area contributed by atoms with Gasteiger partial charge in [0.25, 0.3) is 0 Å². The first-order valence-corrected chi connectivity index (χ1v) is 8.54. The summed E-state index contributed by atoms with van der Waals surface area (Å²) in [5.41, 5.74) is 0. The van der Waals surface area contributed by atoms with E-state index in [2.05, 4.69) is 26.1 Å². The summed E-state index contributed by atoms with van der Waals surface area (Å²) >= 11 is 0. The Kier molecular flexibility index (Phi) is 6.15. The molecule has 1 aliphatic heterocycles. The maximum atomic E-state index is 5.79. The van der Waals surface area contributed by atoms with Crippen molar-refractivity contribution in [2.75, 3.05) is 13.2 Å². The number of hydrogen-bond donors (Lipinski definition) is 1. The highest BCUT2D eigenvalue weighted by Crippen LogP contribution is 2.30. The van der Waals surface area contributed by atoms with Crippen LogP contribution in [0.1, 0.15) is 65.7 Å². The molecule has 0 amide bonds. The molecule has 2 fully saturated rings. The van der Waals surface area contributed by atoms with E-state index in [-0.39, 0.29) is 0 Å². The van der Waals surface area contributed by atoms with Crippen molar-refractivity contribution in [3.63, 3.8) is 0 Å². The van der Waals surface area contributed by atoms with Gasteiger partial charge in [0.15, 0.2) is 0 Å². The molecule has 2 nitrogen and oxygen atoms in total. The van der Waals surface area contributed by atoms with Crippen LogP contribution in [-0.4, -0.2) is 25.3 Å². The summed E-state index contributed by atoms with van der Waals surface area (Å²) in [6.07, 6.45) is 10.0. The van der Waals surface area contributed by atoms with Crippen LogP contribution < -0.4 is 5.32 Å². The Labute approximate surface area is 119 Å². The average Bonchev–Trinajstić information content (AvgIpc) is 2.83. The van der Waals surface area contributed by atoms with Crippen molar-refractivity contribution in [1.82, 2.24) is 5.32 Å². The quantitative estimate of drug-likeness (QED) is 0.785. The van der Waals surface area contributed by atoms with Crippen molar-refractivity contribution in [2.45, 2.75) is 77.9 Å². The second kappa shape index (κ2) is 7.64. The smallest absolute Gasteiger partial charge is 0.0613 e. The number of hydrogen-bond acceptors (Lipinski definition) is 2. The van der Waals surface area contributed by atoms with Crippen LogP contribution in [0.15, 0.2) is 0 Å². The van der Waals surface area contributed by atoms with E-state index in [1.165, 1.54) is 51.5 Å². The average molecular weight is 267 g/mol. The zero-order valence-electron chi connectivity index (χ0n) is 13.2. The third kappa shape index (κ3) is 4.75. The van der Waals surface area contributed by atoms with E-state index in [1.807, 2.05) is 0 Å². The molecule has 1 aliphatic carbocycles. The highest BCUT2D eigenvalue weighted by atomic mass is 16.5. The molecule has 112 valence electrons. The summed E-state index contributed by atoms with van der Waals surface area (Å²) in [5, 5.41) is 3.85. The molecule has 4 unspecified atom stereocenters. The lowest BCUT2D eigenvalue weighted by Crippen LogP contribution is -2.39. The van der Waals surface area contributed by atoms with E-state index < -0.39 is 0 Å². The molecule has 0 aromatic heterocycles. The minimum Gasteiger partial charge on any atom is -0.378 e. The van der Waals surface area contributed by atoms with Crippen molar-refractivity contribution in [3.05, 3.63) is 0 Å². The monoisotopic (exact) mass is 267 g/mol. The van der Waals surface area contributed by atoms with Crippen molar-refractivity contribution in [1.29, 1.82) is 0 Å². The summed E-state index contributed by atoms with van der Waals surface area (Å²) < 4.78 is 5.79. The van der Waals surface area contributed by atoms with Crippen molar-refractivity contribution < 1.29 is 4.74 Å². The Morgan fingerprint density at radius 2 is 2.05 bits per heavy atom. The fourth-order valence-corrected chi connectivity index (χ4v) is 4.05. The van der Waals surface area contributed by atoms with Gasteiger partial charge in [0.05, 0.1) is 6.10 Å². The molecule has 1 N–H and O–H groups in total. The second-order valence-electron chi connectivity index (χ2n) is 7.13. The van der Waals surface area contributed by atoms with Crippen molar-refractivity contribution in [3.8, 4) is 0 Å². The molecule has 0 aromatic carbocycles. The van der Waals surface area contributed by atoms with Gasteiger partial charge in [0, 0.05) is 19.2 Å². The van der Waals surface area contributed by atoms with E-state index >= 15 is 0 Å². The van der Waals surface area contributed by atoms with Gasteiger partial charge >= 0.3 is 0 Å². The number of rotatable bonds is 6. The van der Waals surface area contributed by atoms with Crippen molar-refractivity contribution in [2.24, 2.45) is 17.8 Å². The summed E-state index contributed by atoms with van der Waals surface area (Å²) in [4.78, 5) is 0. The Balaban J connectivity index is 1.70. The Morgan fingerprint density at radius 3 is 2.79 bits per heavy atom. The van der Waals surface area contributed by atoms with Gasteiger partial charge in [-0.2, -0.15) is 0 Å². The van der Waals surface area contributed by atoms with Crippen LogP contribution in [-0.2, 0) is 4.74 Å². The molecule has 19 heavy (non-hydrogen) atoms. The third-order valence-corrected chi connectivity index (χ3v) is 5.00. The molecular formula is C17H33NO. The van der Waals surface area contributed by atoms with Gasteiger partial charge in [0.1, 0.15) is 0 Å². The predicted octanol–water partition coefficient (Wildman–Crippen LogP) is 4.00. The van der Waals surface area contributed by atoms with Crippen molar-refractivity contribution >= 4 is 0 Å². The molecule has 1 heterocycles. The first kappa shape index (κ1) is 15.3. The van der Waals surface area contributed by atoms with Gasteiger partial charge in [-0.1, -0.05) is 33.6 Å². The Morgan fingerprint density at radius 1 is 1.21 bits per heavy atom. The molecular weight excluding hydrogens is 234 g/mol. The molecule has 2 rings (SSSR count). The van der Waals surface area contributed by atoms with Crippen LogP contribution in [0.2, 0.25) is 0 Å². The fraction of sp³-hybridized carbons (Fsp3) is 1.00. The van der Waals surface area contributed by atoms with Gasteiger partial charge in [0.2, 0.25) is 0 Å². The first-order chi connectivity index (χ1) is 9.19. The van der Waals surface area contributed by atoms with E-state index in [9.17, 15) is 0 Å². The van der Waals surface area contributed by atoms with E-state index in [1.54, 1.807) is 0 Å². The van der Waals surface area contributed by atoms with Gasteiger partial charge in [-0.05, 0) is 49.9 Å². The SMILES string of the molecule is CCC1OCCC1CNC1CCCC(CC(C)C)C1. The highest BCUT2D eigenvalue weighted by Gasteiger charge is 2.28. The molecule has 1 saturated carbocycles. The summed E-state index contributed by atoms with van der Waals surface area (Å²) in [7, 11) is 0. The van der Waals surface area contributed by atoms with Crippen LogP contribution in [0.5, 0.6) is 0 Å². The van der Waals surface area contributed by atoms with Gasteiger partial charge < -0.3 is 10.1 Å². The second-order valence-corrected chi connectivity index (χ2v) is 7.13. The first-order valence-electron chi connectivity index (χ1n) is 8.54. The summed E-state index contributed by atoms with van der Waals surface area (Å²) in [6.45, 7) is 9.13. The lowest BCUT2D eigenvalue weighted by Gasteiger charge is -2.32. The van der Waals surface area contributed by atoms with E-state index in [0.29, 0.717) is 6.10 Å². The molecule has 0 aromatic rings. The topological polar surface area (TPSA) is 21.3 Å². The third-order valence-electron chi connectivity index (χ3n) is 5.00. The molecule has 0 radical (unpaired) electrons. The maximum Gasteiger partial charge on any atom is 0.0613 e. The molecule has 4 atom stereocenters. The molecule has 2 aliphatic rings. The van der Waals surface area contributed by atoms with Gasteiger partial charge in [-0.15, -0.1) is 0 Å². The molecule has 0 bridgehead atoms. The number of ether oxygens (including phenoxy) is 1. The summed E-state index contributed by atoms with van der Waals surface area (Å²) in [6, 6.07) is 0.774. The minimum atomic E-state index is 0.516. The van der Waals surface area contributed by atoms with Crippen LogP contribution >= 0.6 is 0 Å². The number of nitrogens with one attached hydrogen (secondary N) is 1. The Bertz CT molecular complexity index is 254. The zero-order chi connectivity index (χ0) is 13.7.